The second-order valence-electron chi connectivity index (χ2n) is 4.72. The molecule has 6 nitrogen and oxygen atoms in total. The van der Waals surface area contributed by atoms with Crippen LogP contribution in [-0.2, 0) is 16.0 Å². The number of cyclic esters (lactones) is 1. The van der Waals surface area contributed by atoms with Crippen molar-refractivity contribution < 1.29 is 14.6 Å². The SMILES string of the molecule is O=C1O[C@@H](Cc2ccncc2)C(O)=C1C1=NCCCN1. The van der Waals surface area contributed by atoms with Crippen LogP contribution in [0.2, 0.25) is 0 Å². The molecule has 0 aromatic carbocycles. The fourth-order valence-corrected chi connectivity index (χ4v) is 2.30. The minimum absolute atomic E-state index is 0.0417. The van der Waals surface area contributed by atoms with E-state index in [1.807, 2.05) is 12.1 Å². The molecule has 1 aromatic rings. The molecule has 2 aliphatic heterocycles. The number of pyridine rings is 1. The molecule has 0 bridgehead atoms. The van der Waals surface area contributed by atoms with Crippen LogP contribution in [0.25, 0.3) is 0 Å². The van der Waals surface area contributed by atoms with Gasteiger partial charge < -0.3 is 15.2 Å². The van der Waals surface area contributed by atoms with Crippen molar-refractivity contribution in [1.29, 1.82) is 0 Å². The van der Waals surface area contributed by atoms with Gasteiger partial charge in [-0.1, -0.05) is 0 Å². The van der Waals surface area contributed by atoms with Gasteiger partial charge in [-0.25, -0.2) is 4.79 Å². The van der Waals surface area contributed by atoms with Gasteiger partial charge in [0.1, 0.15) is 11.4 Å². The summed E-state index contributed by atoms with van der Waals surface area (Å²) >= 11 is 0. The van der Waals surface area contributed by atoms with Gasteiger partial charge in [0.05, 0.1) is 0 Å². The second-order valence-corrected chi connectivity index (χ2v) is 4.72. The zero-order chi connectivity index (χ0) is 13.9. The monoisotopic (exact) mass is 273 g/mol. The van der Waals surface area contributed by atoms with Crippen molar-refractivity contribution in [3.05, 3.63) is 41.4 Å². The second kappa shape index (κ2) is 5.32. The Kier molecular flexibility index (Phi) is 3.37. The number of hydrogen-bond acceptors (Lipinski definition) is 6. The van der Waals surface area contributed by atoms with Gasteiger partial charge in [-0.15, -0.1) is 0 Å². The molecule has 0 radical (unpaired) electrons. The van der Waals surface area contributed by atoms with E-state index in [1.54, 1.807) is 12.4 Å². The van der Waals surface area contributed by atoms with Crippen LogP contribution >= 0.6 is 0 Å². The maximum absolute atomic E-state index is 11.9. The molecule has 3 rings (SSSR count). The number of esters is 1. The van der Waals surface area contributed by atoms with Crippen molar-refractivity contribution in [2.24, 2.45) is 4.99 Å². The average molecular weight is 273 g/mol. The minimum atomic E-state index is -0.647. The molecule has 0 amide bonds. The highest BCUT2D eigenvalue weighted by molar-refractivity contribution is 6.20. The topological polar surface area (TPSA) is 83.8 Å². The summed E-state index contributed by atoms with van der Waals surface area (Å²) in [4.78, 5) is 20.1. The number of aliphatic hydroxyl groups is 1. The molecule has 0 spiro atoms. The molecule has 1 atom stereocenters. The van der Waals surface area contributed by atoms with Gasteiger partial charge in [-0.3, -0.25) is 9.98 Å². The van der Waals surface area contributed by atoms with E-state index >= 15 is 0 Å². The van der Waals surface area contributed by atoms with Gasteiger partial charge in [0, 0.05) is 31.9 Å². The van der Waals surface area contributed by atoms with Crippen LogP contribution in [0.15, 0.2) is 40.9 Å². The van der Waals surface area contributed by atoms with Crippen LogP contribution in [0, 0.1) is 0 Å². The third-order valence-electron chi connectivity index (χ3n) is 3.32. The van der Waals surface area contributed by atoms with Gasteiger partial charge in [0.2, 0.25) is 0 Å². The third-order valence-corrected chi connectivity index (χ3v) is 3.32. The van der Waals surface area contributed by atoms with E-state index in [9.17, 15) is 9.90 Å². The summed E-state index contributed by atoms with van der Waals surface area (Å²) in [6.45, 7) is 1.40. The highest BCUT2D eigenvalue weighted by Gasteiger charge is 2.37. The van der Waals surface area contributed by atoms with Crippen molar-refractivity contribution in [2.75, 3.05) is 13.1 Å². The van der Waals surface area contributed by atoms with Gasteiger partial charge in [-0.05, 0) is 24.1 Å². The van der Waals surface area contributed by atoms with Gasteiger partial charge in [0.25, 0.3) is 0 Å². The van der Waals surface area contributed by atoms with Gasteiger partial charge in [0.15, 0.2) is 11.9 Å². The Bertz CT molecular complexity index is 581. The maximum Gasteiger partial charge on any atom is 0.346 e. The molecule has 0 unspecified atom stereocenters. The average Bonchev–Trinajstić information content (AvgIpc) is 2.75. The number of rotatable bonds is 3. The molecule has 20 heavy (non-hydrogen) atoms. The molecule has 0 saturated carbocycles. The molecular weight excluding hydrogens is 258 g/mol. The van der Waals surface area contributed by atoms with E-state index in [4.69, 9.17) is 4.74 Å². The number of ether oxygens (including phenoxy) is 1. The van der Waals surface area contributed by atoms with Gasteiger partial charge in [-0.2, -0.15) is 0 Å². The highest BCUT2D eigenvalue weighted by Crippen LogP contribution is 2.24. The molecule has 104 valence electrons. The Labute approximate surface area is 116 Å². The van der Waals surface area contributed by atoms with Crippen molar-refractivity contribution in [1.82, 2.24) is 10.3 Å². The number of amidine groups is 1. The number of nitrogens with zero attached hydrogens (tertiary/aromatic N) is 2. The standard InChI is InChI=1S/C14H15N3O3/c18-12-10(8-9-2-6-15-7-3-9)20-14(19)11(12)13-16-4-1-5-17-13/h2-3,6-7,10,18H,1,4-5,8H2,(H,16,17)/t10-/m0/s1. The Balaban J connectivity index is 1.83. The lowest BCUT2D eigenvalue weighted by atomic mass is 10.1. The molecule has 3 heterocycles. The largest absolute Gasteiger partial charge is 0.507 e. The molecule has 2 N–H and O–H groups in total. The first kappa shape index (κ1) is 12.7. The van der Waals surface area contributed by atoms with Crippen LogP contribution in [0.1, 0.15) is 12.0 Å². The van der Waals surface area contributed by atoms with Crippen LogP contribution in [0.3, 0.4) is 0 Å². The van der Waals surface area contributed by atoms with Crippen molar-refractivity contribution >= 4 is 11.8 Å². The summed E-state index contributed by atoms with van der Waals surface area (Å²) in [5.41, 5.74) is 1.12. The van der Waals surface area contributed by atoms with Gasteiger partial charge >= 0.3 is 5.97 Å². The summed E-state index contributed by atoms with van der Waals surface area (Å²) in [6.07, 6.45) is 4.04. The van der Waals surface area contributed by atoms with E-state index in [0.29, 0.717) is 18.8 Å². The highest BCUT2D eigenvalue weighted by atomic mass is 16.6. The predicted molar refractivity (Wildman–Crippen MR) is 72.4 cm³/mol. The van der Waals surface area contributed by atoms with Crippen LogP contribution < -0.4 is 5.32 Å². The summed E-state index contributed by atoms with van der Waals surface area (Å²) in [5.74, 6) is -0.120. The maximum atomic E-state index is 11.9. The predicted octanol–water partition coefficient (Wildman–Crippen LogP) is 0.753. The molecule has 2 aliphatic rings. The number of aliphatic imine (C=N–C) groups is 1. The molecular formula is C14H15N3O3. The van der Waals surface area contributed by atoms with Crippen molar-refractivity contribution in [2.45, 2.75) is 18.9 Å². The van der Waals surface area contributed by atoms with Crippen molar-refractivity contribution in [3.63, 3.8) is 0 Å². The molecule has 6 heteroatoms. The number of nitrogens with one attached hydrogen (secondary N) is 1. The smallest absolute Gasteiger partial charge is 0.346 e. The summed E-state index contributed by atoms with van der Waals surface area (Å²) in [6, 6.07) is 3.66. The Morgan fingerprint density at radius 3 is 2.90 bits per heavy atom. The number of carbonyl (C=O) groups excluding carboxylic acids is 1. The number of aromatic nitrogens is 1. The number of carbonyl (C=O) groups is 1. The van der Waals surface area contributed by atoms with Crippen LogP contribution in [-0.4, -0.2) is 41.1 Å². The van der Waals surface area contributed by atoms with E-state index in [1.165, 1.54) is 0 Å². The zero-order valence-corrected chi connectivity index (χ0v) is 10.9. The van der Waals surface area contributed by atoms with Crippen molar-refractivity contribution in [3.8, 4) is 0 Å². The first-order valence-corrected chi connectivity index (χ1v) is 6.57. The number of hydrogen-bond donors (Lipinski definition) is 2. The van der Waals surface area contributed by atoms with Crippen LogP contribution in [0.4, 0.5) is 0 Å². The third kappa shape index (κ3) is 2.36. The van der Waals surface area contributed by atoms with E-state index in [0.717, 1.165) is 18.5 Å². The zero-order valence-electron chi connectivity index (χ0n) is 10.9. The number of aliphatic hydroxyl groups excluding tert-OH is 1. The first-order chi connectivity index (χ1) is 9.75. The van der Waals surface area contributed by atoms with E-state index in [-0.39, 0.29) is 11.3 Å². The molecule has 0 saturated heterocycles. The summed E-state index contributed by atoms with van der Waals surface area (Å²) in [7, 11) is 0. The molecule has 1 aromatic heterocycles. The quantitative estimate of drug-likeness (QED) is 0.794. The minimum Gasteiger partial charge on any atom is -0.507 e. The summed E-state index contributed by atoms with van der Waals surface area (Å²) < 4.78 is 5.24. The Morgan fingerprint density at radius 2 is 2.20 bits per heavy atom. The summed E-state index contributed by atoms with van der Waals surface area (Å²) in [5, 5.41) is 13.3. The van der Waals surface area contributed by atoms with E-state index < -0.39 is 12.1 Å². The Hall–Kier alpha value is -2.37. The molecule has 0 aliphatic carbocycles. The first-order valence-electron chi connectivity index (χ1n) is 6.57. The van der Waals surface area contributed by atoms with E-state index in [2.05, 4.69) is 15.3 Å². The van der Waals surface area contributed by atoms with Crippen LogP contribution in [0.5, 0.6) is 0 Å². The fourth-order valence-electron chi connectivity index (χ4n) is 2.30. The fraction of sp³-hybridized carbons (Fsp3) is 0.357. The molecule has 0 fully saturated rings. The lowest BCUT2D eigenvalue weighted by Gasteiger charge is -2.13. The Morgan fingerprint density at radius 1 is 1.40 bits per heavy atom. The normalized spacial score (nSPS) is 22.3. The lowest BCUT2D eigenvalue weighted by Crippen LogP contribution is -2.33. The lowest BCUT2D eigenvalue weighted by molar-refractivity contribution is -0.139.